The monoisotopic (exact) mass is 977 g/mol. The predicted octanol–water partition coefficient (Wildman–Crippen LogP) is 21.0. The fraction of sp³-hybridized carbons (Fsp3) is 0.785. The van der Waals surface area contributed by atoms with Gasteiger partial charge in [0.15, 0.2) is 6.10 Å². The highest BCUT2D eigenvalue weighted by Gasteiger charge is 2.17. The normalized spacial score (nSPS) is 12.7. The molecule has 0 spiro atoms. The van der Waals surface area contributed by atoms with Gasteiger partial charge in [0, 0.05) is 19.4 Å². The number of ether oxygens (including phenoxy) is 3. The third kappa shape index (κ3) is 57.9. The summed E-state index contributed by atoms with van der Waals surface area (Å²) in [6, 6.07) is 0. The Bertz CT molecular complexity index is 1240. The zero-order valence-corrected chi connectivity index (χ0v) is 46.8. The van der Waals surface area contributed by atoms with E-state index in [9.17, 15) is 9.59 Å². The van der Waals surface area contributed by atoms with Crippen LogP contribution < -0.4 is 0 Å². The molecule has 1 atom stereocenters. The van der Waals surface area contributed by atoms with Crippen LogP contribution in [0.25, 0.3) is 0 Å². The van der Waals surface area contributed by atoms with Gasteiger partial charge in [0.2, 0.25) is 0 Å². The first kappa shape index (κ1) is 67.3. The lowest BCUT2D eigenvalue weighted by Crippen LogP contribution is -2.30. The molecule has 70 heavy (non-hydrogen) atoms. The average Bonchev–Trinajstić information content (AvgIpc) is 3.36. The lowest BCUT2D eigenvalue weighted by Gasteiger charge is -2.18. The van der Waals surface area contributed by atoms with Crippen molar-refractivity contribution in [3.8, 4) is 0 Å². The van der Waals surface area contributed by atoms with Crippen molar-refractivity contribution < 1.29 is 23.8 Å². The van der Waals surface area contributed by atoms with E-state index >= 15 is 0 Å². The molecule has 0 saturated carbocycles. The maximum atomic E-state index is 12.9. The molecular weight excluding hydrogens is 861 g/mol. The summed E-state index contributed by atoms with van der Waals surface area (Å²) in [5.74, 6) is -0.412. The van der Waals surface area contributed by atoms with Crippen LogP contribution in [0.2, 0.25) is 0 Å². The van der Waals surface area contributed by atoms with Crippen molar-refractivity contribution in [2.75, 3.05) is 19.8 Å². The summed E-state index contributed by atoms with van der Waals surface area (Å²) >= 11 is 0. The van der Waals surface area contributed by atoms with Crippen LogP contribution in [0.3, 0.4) is 0 Å². The minimum atomic E-state index is -0.551. The van der Waals surface area contributed by atoms with Crippen molar-refractivity contribution >= 4 is 11.9 Å². The maximum Gasteiger partial charge on any atom is 0.306 e. The van der Waals surface area contributed by atoms with E-state index in [1.54, 1.807) is 0 Å². The summed E-state index contributed by atoms with van der Waals surface area (Å²) in [6.45, 7) is 7.78. The molecule has 5 heteroatoms. The van der Waals surface area contributed by atoms with Crippen molar-refractivity contribution in [3.63, 3.8) is 0 Å². The summed E-state index contributed by atoms with van der Waals surface area (Å²) < 4.78 is 17.5. The van der Waals surface area contributed by atoms with Crippen LogP contribution in [0.5, 0.6) is 0 Å². The molecule has 0 bridgehead atoms. The summed E-state index contributed by atoms with van der Waals surface area (Å²) in [7, 11) is 0. The molecule has 0 N–H and O–H groups in total. The van der Waals surface area contributed by atoms with Crippen LogP contribution >= 0.6 is 0 Å². The molecule has 0 aliphatic rings. The first-order chi connectivity index (χ1) is 34.6. The van der Waals surface area contributed by atoms with Gasteiger partial charge in [0.1, 0.15) is 6.61 Å². The summed E-state index contributed by atoms with van der Waals surface area (Å²) in [6.07, 6.45) is 79.2. The molecule has 0 aliphatic heterocycles. The van der Waals surface area contributed by atoms with Gasteiger partial charge in [-0.2, -0.15) is 0 Å². The van der Waals surface area contributed by atoms with Gasteiger partial charge >= 0.3 is 11.9 Å². The van der Waals surface area contributed by atoms with Crippen LogP contribution in [0.1, 0.15) is 303 Å². The SMILES string of the molecule is CCCCC/C=C\C/C=C\C/C=C\CCCCCCCCC(=O)OCC(COCCCCCCCCCC/C=C\CCCCCCCC)OC(=O)CCCCCCCCC/C=C\C/C=C\CCCCC. The van der Waals surface area contributed by atoms with Gasteiger partial charge in [-0.05, 0) is 116 Å². The molecule has 0 aromatic rings. The minimum absolute atomic E-state index is 0.0733. The van der Waals surface area contributed by atoms with Crippen LogP contribution in [-0.2, 0) is 23.8 Å². The number of hydrogen-bond donors (Lipinski definition) is 0. The Kier molecular flexibility index (Phi) is 58.3. The number of carbonyl (C=O) groups is 2. The van der Waals surface area contributed by atoms with E-state index in [1.165, 1.54) is 193 Å². The molecule has 406 valence electrons. The van der Waals surface area contributed by atoms with E-state index in [-0.39, 0.29) is 25.2 Å². The average molecular weight is 978 g/mol. The van der Waals surface area contributed by atoms with Crippen molar-refractivity contribution in [2.45, 2.75) is 309 Å². The fourth-order valence-corrected chi connectivity index (χ4v) is 8.60. The number of rotatable bonds is 56. The molecule has 0 fully saturated rings. The first-order valence-corrected chi connectivity index (χ1v) is 30.5. The Balaban J connectivity index is 4.31. The van der Waals surface area contributed by atoms with Crippen molar-refractivity contribution in [1.29, 1.82) is 0 Å². The highest BCUT2D eigenvalue weighted by molar-refractivity contribution is 5.70. The van der Waals surface area contributed by atoms with E-state index in [2.05, 4.69) is 93.7 Å². The highest BCUT2D eigenvalue weighted by Crippen LogP contribution is 2.15. The quantitative estimate of drug-likeness (QED) is 0.0345. The zero-order valence-electron chi connectivity index (χ0n) is 46.8. The van der Waals surface area contributed by atoms with Gasteiger partial charge in [-0.25, -0.2) is 0 Å². The van der Waals surface area contributed by atoms with Gasteiger partial charge in [0.25, 0.3) is 0 Å². The van der Waals surface area contributed by atoms with Gasteiger partial charge in [0.05, 0.1) is 6.61 Å². The number of allylic oxidation sites excluding steroid dienone is 12. The second kappa shape index (κ2) is 60.6. The number of carbonyl (C=O) groups excluding carboxylic acids is 2. The molecule has 0 aromatic heterocycles. The smallest absolute Gasteiger partial charge is 0.306 e. The number of hydrogen-bond acceptors (Lipinski definition) is 5. The molecule has 1 unspecified atom stereocenters. The van der Waals surface area contributed by atoms with E-state index in [1.807, 2.05) is 0 Å². The topological polar surface area (TPSA) is 61.8 Å². The zero-order chi connectivity index (χ0) is 50.6. The summed E-state index contributed by atoms with van der Waals surface area (Å²) in [5.41, 5.74) is 0. The number of unbranched alkanes of at least 4 members (excludes halogenated alkanes) is 33. The molecule has 0 aliphatic carbocycles. The Morgan fingerprint density at radius 1 is 0.314 bits per heavy atom. The molecular formula is C65H116O5. The van der Waals surface area contributed by atoms with E-state index < -0.39 is 6.10 Å². The summed E-state index contributed by atoms with van der Waals surface area (Å²) in [5, 5.41) is 0. The maximum absolute atomic E-state index is 12.9. The molecule has 0 rings (SSSR count). The molecule has 0 heterocycles. The molecule has 0 radical (unpaired) electrons. The van der Waals surface area contributed by atoms with Crippen LogP contribution in [0, 0.1) is 0 Å². The highest BCUT2D eigenvalue weighted by atomic mass is 16.6. The lowest BCUT2D eigenvalue weighted by molar-refractivity contribution is -0.163. The third-order valence-electron chi connectivity index (χ3n) is 13.2. The van der Waals surface area contributed by atoms with E-state index in [0.29, 0.717) is 19.4 Å². The van der Waals surface area contributed by atoms with Crippen molar-refractivity contribution in [1.82, 2.24) is 0 Å². The van der Waals surface area contributed by atoms with Gasteiger partial charge in [-0.1, -0.05) is 248 Å². The lowest BCUT2D eigenvalue weighted by atomic mass is 10.1. The van der Waals surface area contributed by atoms with Crippen molar-refractivity contribution in [3.05, 3.63) is 72.9 Å². The van der Waals surface area contributed by atoms with Crippen LogP contribution in [0.4, 0.5) is 0 Å². The minimum Gasteiger partial charge on any atom is -0.462 e. The largest absolute Gasteiger partial charge is 0.462 e. The second-order valence-electron chi connectivity index (χ2n) is 20.2. The Morgan fingerprint density at radius 3 is 1.00 bits per heavy atom. The Hall–Kier alpha value is -2.66. The van der Waals surface area contributed by atoms with Gasteiger partial charge in [-0.15, -0.1) is 0 Å². The summed E-state index contributed by atoms with van der Waals surface area (Å²) in [4.78, 5) is 25.6. The Labute approximate surface area is 436 Å². The molecule has 0 saturated heterocycles. The fourth-order valence-electron chi connectivity index (χ4n) is 8.60. The van der Waals surface area contributed by atoms with Gasteiger partial charge < -0.3 is 14.2 Å². The molecule has 0 aromatic carbocycles. The third-order valence-corrected chi connectivity index (χ3v) is 13.2. The van der Waals surface area contributed by atoms with Crippen LogP contribution in [0.15, 0.2) is 72.9 Å². The van der Waals surface area contributed by atoms with Gasteiger partial charge in [-0.3, -0.25) is 9.59 Å². The van der Waals surface area contributed by atoms with E-state index in [0.717, 1.165) is 77.0 Å². The predicted molar refractivity (Wildman–Crippen MR) is 307 cm³/mol. The standard InChI is InChI=1S/C65H116O5/c1-4-7-10-13-16-19-22-25-28-31-33-35-37-40-43-46-49-52-55-58-64(66)69-62-63(61-68-60-57-54-51-48-45-42-39-36-32-29-26-23-20-17-14-11-8-5-2)70-65(67)59-56-53-50-47-44-41-38-34-30-27-24-21-18-15-12-9-6-3/h16,18-19,21,25-30,33,35,63H,4-15,17,20,22-24,31-32,34,36-62H2,1-3H3/b19-16-,21-18-,28-25-,29-26-,30-27-,35-33-. The van der Waals surface area contributed by atoms with E-state index in [4.69, 9.17) is 14.2 Å². The van der Waals surface area contributed by atoms with Crippen molar-refractivity contribution in [2.24, 2.45) is 0 Å². The molecule has 0 amide bonds. The van der Waals surface area contributed by atoms with Crippen LogP contribution in [-0.4, -0.2) is 37.9 Å². The Morgan fingerprint density at radius 2 is 0.600 bits per heavy atom. The second-order valence-corrected chi connectivity index (χ2v) is 20.2. The molecule has 5 nitrogen and oxygen atoms in total. The first-order valence-electron chi connectivity index (χ1n) is 30.5. The number of esters is 2.